The monoisotopic (exact) mass is 393 g/mol. The molecule has 3 rings (SSSR count). The van der Waals surface area contributed by atoms with Crippen LogP contribution in [0.3, 0.4) is 0 Å². The van der Waals surface area contributed by atoms with Crippen LogP contribution in [0.4, 0.5) is 0 Å². The molecule has 0 bridgehead atoms. The van der Waals surface area contributed by atoms with Crippen molar-refractivity contribution in [1.82, 2.24) is 15.1 Å². The molecule has 1 atom stereocenters. The molecule has 1 N–H and O–H groups in total. The molecule has 1 unspecified atom stereocenters. The van der Waals surface area contributed by atoms with E-state index >= 15 is 0 Å². The summed E-state index contributed by atoms with van der Waals surface area (Å²) in [6, 6.07) is 17.0. The first-order chi connectivity index (χ1) is 13.9. The summed E-state index contributed by atoms with van der Waals surface area (Å²) in [5, 5.41) is 2.92. The number of hydrogen-bond donors (Lipinski definition) is 1. The fourth-order valence-corrected chi connectivity index (χ4v) is 3.52. The lowest BCUT2D eigenvalue weighted by Gasteiger charge is -2.30. The second-order valence-electron chi connectivity index (χ2n) is 7.72. The Labute approximate surface area is 171 Å². The number of benzene rings is 2. The largest absolute Gasteiger partial charge is 0.351 e. The molecular weight excluding hydrogens is 366 g/mol. The quantitative estimate of drug-likeness (QED) is 0.700. The van der Waals surface area contributed by atoms with Gasteiger partial charge in [0.1, 0.15) is 6.54 Å². The minimum absolute atomic E-state index is 0.121. The van der Waals surface area contributed by atoms with Crippen molar-refractivity contribution in [2.75, 3.05) is 13.1 Å². The summed E-state index contributed by atoms with van der Waals surface area (Å²) >= 11 is 0. The van der Waals surface area contributed by atoms with Gasteiger partial charge in [0.05, 0.1) is 11.1 Å². The minimum atomic E-state index is -0.415. The van der Waals surface area contributed by atoms with Crippen molar-refractivity contribution in [1.29, 1.82) is 0 Å². The van der Waals surface area contributed by atoms with Gasteiger partial charge in [-0.25, -0.2) is 0 Å². The van der Waals surface area contributed by atoms with E-state index in [2.05, 4.69) is 36.2 Å². The molecule has 1 heterocycles. The highest BCUT2D eigenvalue weighted by Gasteiger charge is 2.36. The lowest BCUT2D eigenvalue weighted by molar-refractivity contribution is -0.122. The van der Waals surface area contributed by atoms with E-state index in [-0.39, 0.29) is 18.5 Å². The van der Waals surface area contributed by atoms with Gasteiger partial charge in [-0.1, -0.05) is 42.5 Å². The maximum Gasteiger partial charge on any atom is 0.262 e. The van der Waals surface area contributed by atoms with Crippen LogP contribution in [-0.4, -0.2) is 52.7 Å². The Morgan fingerprint density at radius 1 is 0.931 bits per heavy atom. The van der Waals surface area contributed by atoms with E-state index in [0.717, 1.165) is 11.4 Å². The normalized spacial score (nSPS) is 14.4. The SMILES string of the molecule is CC(CN(Cc1ccccc1)C(C)C)NC(=O)CN1C(=O)c2ccccc2C1=O. The number of imide groups is 1. The average molecular weight is 393 g/mol. The van der Waals surface area contributed by atoms with E-state index in [0.29, 0.717) is 23.7 Å². The fraction of sp³-hybridized carbons (Fsp3) is 0.348. The highest BCUT2D eigenvalue weighted by molar-refractivity contribution is 6.22. The zero-order valence-corrected chi connectivity index (χ0v) is 17.1. The predicted molar refractivity (Wildman–Crippen MR) is 111 cm³/mol. The standard InChI is InChI=1S/C23H27N3O3/c1-16(2)25(14-18-9-5-4-6-10-18)13-17(3)24-21(27)15-26-22(28)19-11-7-8-12-20(19)23(26)29/h4-12,16-17H,13-15H2,1-3H3,(H,24,27). The summed E-state index contributed by atoms with van der Waals surface area (Å²) in [4.78, 5) is 40.6. The van der Waals surface area contributed by atoms with Crippen LogP contribution in [-0.2, 0) is 11.3 Å². The first-order valence-electron chi connectivity index (χ1n) is 9.89. The molecular formula is C23H27N3O3. The van der Waals surface area contributed by atoms with Crippen molar-refractivity contribution >= 4 is 17.7 Å². The van der Waals surface area contributed by atoms with Crippen molar-refractivity contribution in [3.05, 3.63) is 71.3 Å². The number of rotatable bonds is 8. The van der Waals surface area contributed by atoms with E-state index < -0.39 is 11.8 Å². The highest BCUT2D eigenvalue weighted by Crippen LogP contribution is 2.21. The topological polar surface area (TPSA) is 69.7 Å². The molecule has 152 valence electrons. The van der Waals surface area contributed by atoms with Crippen molar-refractivity contribution < 1.29 is 14.4 Å². The third-order valence-corrected chi connectivity index (χ3v) is 5.05. The van der Waals surface area contributed by atoms with Gasteiger partial charge < -0.3 is 5.32 Å². The van der Waals surface area contributed by atoms with Crippen LogP contribution in [0.5, 0.6) is 0 Å². The second kappa shape index (κ2) is 9.01. The number of nitrogens with zero attached hydrogens (tertiary/aromatic N) is 2. The molecule has 0 aromatic heterocycles. The molecule has 0 radical (unpaired) electrons. The van der Waals surface area contributed by atoms with Gasteiger partial charge in [0.15, 0.2) is 0 Å². The fourth-order valence-electron chi connectivity index (χ4n) is 3.52. The Hall–Kier alpha value is -2.99. The van der Waals surface area contributed by atoms with Crippen molar-refractivity contribution in [3.8, 4) is 0 Å². The van der Waals surface area contributed by atoms with Crippen LogP contribution in [0.25, 0.3) is 0 Å². The van der Waals surface area contributed by atoms with Gasteiger partial charge in [-0.3, -0.25) is 24.2 Å². The van der Waals surface area contributed by atoms with Crippen LogP contribution in [0, 0.1) is 0 Å². The number of carbonyl (C=O) groups excluding carboxylic acids is 3. The lowest BCUT2D eigenvalue weighted by Crippen LogP contribution is -2.47. The van der Waals surface area contributed by atoms with Crippen molar-refractivity contribution in [2.45, 2.75) is 39.4 Å². The lowest BCUT2D eigenvalue weighted by atomic mass is 10.1. The third kappa shape index (κ3) is 4.90. The second-order valence-corrected chi connectivity index (χ2v) is 7.72. The number of nitrogens with one attached hydrogen (secondary N) is 1. The Balaban J connectivity index is 1.56. The summed E-state index contributed by atoms with van der Waals surface area (Å²) in [7, 11) is 0. The summed E-state index contributed by atoms with van der Waals surface area (Å²) in [6.45, 7) is 7.36. The third-order valence-electron chi connectivity index (χ3n) is 5.05. The molecule has 1 aliphatic heterocycles. The molecule has 3 amide bonds. The summed E-state index contributed by atoms with van der Waals surface area (Å²) < 4.78 is 0. The molecule has 0 spiro atoms. The zero-order valence-electron chi connectivity index (χ0n) is 17.1. The molecule has 0 aliphatic carbocycles. The first-order valence-corrected chi connectivity index (χ1v) is 9.89. The van der Waals surface area contributed by atoms with Gasteiger partial charge in [-0.05, 0) is 38.5 Å². The smallest absolute Gasteiger partial charge is 0.262 e. The van der Waals surface area contributed by atoms with Crippen LogP contribution >= 0.6 is 0 Å². The number of amides is 3. The molecule has 6 heteroatoms. The van der Waals surface area contributed by atoms with Crippen molar-refractivity contribution in [3.63, 3.8) is 0 Å². The Morgan fingerprint density at radius 3 is 2.03 bits per heavy atom. The Kier molecular flexibility index (Phi) is 6.44. The maximum atomic E-state index is 12.5. The van der Waals surface area contributed by atoms with Gasteiger partial charge in [0.25, 0.3) is 11.8 Å². The van der Waals surface area contributed by atoms with E-state index in [9.17, 15) is 14.4 Å². The van der Waals surface area contributed by atoms with Gasteiger partial charge in [0.2, 0.25) is 5.91 Å². The van der Waals surface area contributed by atoms with E-state index in [1.54, 1.807) is 24.3 Å². The minimum Gasteiger partial charge on any atom is -0.351 e. The Bertz CT molecular complexity index is 860. The van der Waals surface area contributed by atoms with Crippen LogP contribution in [0.2, 0.25) is 0 Å². The van der Waals surface area contributed by atoms with E-state index in [1.807, 2.05) is 25.1 Å². The maximum absolute atomic E-state index is 12.5. The van der Waals surface area contributed by atoms with Gasteiger partial charge >= 0.3 is 0 Å². The van der Waals surface area contributed by atoms with Crippen LogP contribution < -0.4 is 5.32 Å². The first kappa shape index (κ1) is 20.7. The molecule has 29 heavy (non-hydrogen) atoms. The molecule has 0 saturated heterocycles. The molecule has 0 saturated carbocycles. The van der Waals surface area contributed by atoms with Gasteiger partial charge in [-0.2, -0.15) is 0 Å². The van der Waals surface area contributed by atoms with Crippen molar-refractivity contribution in [2.24, 2.45) is 0 Å². The number of fused-ring (bicyclic) bond motifs is 1. The molecule has 6 nitrogen and oxygen atoms in total. The van der Waals surface area contributed by atoms with E-state index in [1.165, 1.54) is 5.56 Å². The summed E-state index contributed by atoms with van der Waals surface area (Å²) in [5.41, 5.74) is 1.92. The molecule has 2 aromatic rings. The summed E-state index contributed by atoms with van der Waals surface area (Å²) in [5.74, 6) is -1.17. The Morgan fingerprint density at radius 2 is 1.48 bits per heavy atom. The summed E-state index contributed by atoms with van der Waals surface area (Å²) in [6.07, 6.45) is 0. The van der Waals surface area contributed by atoms with Crippen LogP contribution in [0.1, 0.15) is 47.1 Å². The molecule has 2 aromatic carbocycles. The van der Waals surface area contributed by atoms with Gasteiger partial charge in [-0.15, -0.1) is 0 Å². The average Bonchev–Trinajstić information content (AvgIpc) is 2.93. The molecule has 0 fully saturated rings. The van der Waals surface area contributed by atoms with Crippen LogP contribution in [0.15, 0.2) is 54.6 Å². The number of carbonyl (C=O) groups is 3. The highest BCUT2D eigenvalue weighted by atomic mass is 16.2. The zero-order chi connectivity index (χ0) is 21.0. The molecule has 1 aliphatic rings. The number of hydrogen-bond acceptors (Lipinski definition) is 4. The van der Waals surface area contributed by atoms with Gasteiger partial charge in [0, 0.05) is 25.2 Å². The predicted octanol–water partition coefficient (Wildman–Crippen LogP) is 2.70. The van der Waals surface area contributed by atoms with E-state index in [4.69, 9.17) is 0 Å².